The molecule has 3 rings (SSSR count). The van der Waals surface area contributed by atoms with Crippen LogP contribution in [0.15, 0.2) is 29.4 Å². The molecule has 1 amide bonds. The molecule has 3 N–H and O–H groups in total. The molecule has 2 aromatic rings. The van der Waals surface area contributed by atoms with Crippen molar-refractivity contribution in [3.8, 4) is 0 Å². The maximum absolute atomic E-state index is 14.1. The Bertz CT molecular complexity index is 950. The number of halogens is 1. The number of nitrogens with zero attached hydrogens (tertiary/aromatic N) is 1. The molecular formula is C19H25FN4O3S. The molecule has 0 atom stereocenters. The smallest absolute Gasteiger partial charge is 0.278 e. The minimum Gasteiger partial charge on any atom is -0.331 e. The lowest BCUT2D eigenvalue weighted by Crippen LogP contribution is -2.25. The monoisotopic (exact) mass is 408 g/mol. The van der Waals surface area contributed by atoms with Crippen molar-refractivity contribution < 1.29 is 17.6 Å². The summed E-state index contributed by atoms with van der Waals surface area (Å²) in [6, 6.07) is 3.72. The van der Waals surface area contributed by atoms with Gasteiger partial charge in [-0.1, -0.05) is 33.1 Å². The van der Waals surface area contributed by atoms with E-state index < -0.39 is 15.8 Å². The Morgan fingerprint density at radius 3 is 2.61 bits per heavy atom. The summed E-state index contributed by atoms with van der Waals surface area (Å²) in [5.41, 5.74) is 0.115. The third-order valence-electron chi connectivity index (χ3n) is 4.86. The molecule has 1 aromatic carbocycles. The number of hydrogen-bond donors (Lipinski definition) is 3. The number of aromatic nitrogens is 2. The first-order valence-electron chi connectivity index (χ1n) is 9.44. The number of anilines is 2. The van der Waals surface area contributed by atoms with Gasteiger partial charge in [0.25, 0.3) is 10.0 Å². The minimum absolute atomic E-state index is 0.0387. The maximum Gasteiger partial charge on any atom is 0.278 e. The van der Waals surface area contributed by atoms with E-state index in [4.69, 9.17) is 0 Å². The zero-order chi connectivity index (χ0) is 20.3. The van der Waals surface area contributed by atoms with Gasteiger partial charge < -0.3 is 10.3 Å². The first-order chi connectivity index (χ1) is 13.3. The summed E-state index contributed by atoms with van der Waals surface area (Å²) in [7, 11) is -3.91. The third-order valence-corrected chi connectivity index (χ3v) is 6.15. The van der Waals surface area contributed by atoms with Crippen LogP contribution in [0, 0.1) is 11.7 Å². The Labute approximate surface area is 164 Å². The minimum atomic E-state index is -3.91. The molecule has 1 aliphatic carbocycles. The quantitative estimate of drug-likeness (QED) is 0.672. The number of carbonyl (C=O) groups is 1. The fraction of sp³-hybridized carbons (Fsp3) is 0.474. The van der Waals surface area contributed by atoms with Crippen molar-refractivity contribution in [2.24, 2.45) is 5.92 Å². The largest absolute Gasteiger partial charge is 0.331 e. The maximum atomic E-state index is 14.1. The topological polar surface area (TPSA) is 104 Å². The number of aromatic amines is 1. The molecule has 1 saturated carbocycles. The molecule has 7 nitrogen and oxygen atoms in total. The number of rotatable bonds is 6. The molecule has 1 aliphatic rings. The molecule has 0 saturated heterocycles. The number of nitrogens with one attached hydrogen (secondary N) is 3. The Balaban J connectivity index is 1.75. The highest BCUT2D eigenvalue weighted by Gasteiger charge is 2.23. The van der Waals surface area contributed by atoms with E-state index in [2.05, 4.69) is 20.0 Å². The highest BCUT2D eigenvalue weighted by atomic mass is 32.2. The molecule has 0 unspecified atom stereocenters. The molecule has 1 fully saturated rings. The molecule has 0 radical (unpaired) electrons. The van der Waals surface area contributed by atoms with Crippen LogP contribution in [0.2, 0.25) is 0 Å². The van der Waals surface area contributed by atoms with Crippen molar-refractivity contribution in [1.29, 1.82) is 0 Å². The molecule has 1 aromatic heterocycles. The molecule has 1 heterocycles. The molecule has 9 heteroatoms. The highest BCUT2D eigenvalue weighted by Crippen LogP contribution is 2.27. The van der Waals surface area contributed by atoms with E-state index >= 15 is 0 Å². The van der Waals surface area contributed by atoms with Crippen molar-refractivity contribution in [3.63, 3.8) is 0 Å². The summed E-state index contributed by atoms with van der Waals surface area (Å²) in [5, 5.41) is 2.52. The zero-order valence-electron chi connectivity index (χ0n) is 16.0. The Morgan fingerprint density at radius 1 is 1.25 bits per heavy atom. The van der Waals surface area contributed by atoms with Crippen LogP contribution >= 0.6 is 0 Å². The number of hydrogen-bond acceptors (Lipinski definition) is 4. The summed E-state index contributed by atoms with van der Waals surface area (Å²) in [4.78, 5) is 19.2. The van der Waals surface area contributed by atoms with Crippen molar-refractivity contribution in [2.75, 3.05) is 10.0 Å². The summed E-state index contributed by atoms with van der Waals surface area (Å²) >= 11 is 0. The van der Waals surface area contributed by atoms with E-state index in [1.54, 1.807) is 0 Å². The normalized spacial score (nSPS) is 15.6. The van der Waals surface area contributed by atoms with Crippen LogP contribution in [0.1, 0.15) is 57.7 Å². The van der Waals surface area contributed by atoms with Crippen molar-refractivity contribution in [1.82, 2.24) is 9.97 Å². The van der Waals surface area contributed by atoms with Gasteiger partial charge in [-0.2, -0.15) is 8.42 Å². The van der Waals surface area contributed by atoms with Crippen LogP contribution in [-0.2, 0) is 14.8 Å². The molecule has 0 bridgehead atoms. The summed E-state index contributed by atoms with van der Waals surface area (Å²) in [6.45, 7) is 3.79. The van der Waals surface area contributed by atoms with E-state index in [0.717, 1.165) is 38.2 Å². The number of carbonyl (C=O) groups excluding carboxylic acids is 1. The third kappa shape index (κ3) is 4.70. The fourth-order valence-electron chi connectivity index (χ4n) is 3.24. The molecular weight excluding hydrogens is 383 g/mol. The van der Waals surface area contributed by atoms with Crippen molar-refractivity contribution in [2.45, 2.75) is 56.9 Å². The van der Waals surface area contributed by atoms with Crippen LogP contribution in [0.25, 0.3) is 0 Å². The second-order valence-electron chi connectivity index (χ2n) is 7.41. The van der Waals surface area contributed by atoms with Gasteiger partial charge in [-0.25, -0.2) is 9.37 Å². The first-order valence-corrected chi connectivity index (χ1v) is 10.9. The van der Waals surface area contributed by atoms with Gasteiger partial charge >= 0.3 is 0 Å². The van der Waals surface area contributed by atoms with E-state index in [0.29, 0.717) is 5.82 Å². The average molecular weight is 408 g/mol. The molecule has 152 valence electrons. The van der Waals surface area contributed by atoms with Gasteiger partial charge in [-0.15, -0.1) is 0 Å². The van der Waals surface area contributed by atoms with Crippen molar-refractivity contribution >= 4 is 27.3 Å². The average Bonchev–Trinajstić information content (AvgIpc) is 3.16. The number of H-pyrrole nitrogens is 1. The van der Waals surface area contributed by atoms with Crippen LogP contribution in [-0.4, -0.2) is 24.3 Å². The first kappa shape index (κ1) is 20.3. The van der Waals surface area contributed by atoms with Gasteiger partial charge in [0.05, 0.1) is 17.6 Å². The van der Waals surface area contributed by atoms with Gasteiger partial charge in [0.15, 0.2) is 5.03 Å². The van der Waals surface area contributed by atoms with Crippen LogP contribution in [0.3, 0.4) is 0 Å². The number of imidazole rings is 1. The van der Waals surface area contributed by atoms with Crippen LogP contribution in [0.5, 0.6) is 0 Å². The Morgan fingerprint density at radius 2 is 1.96 bits per heavy atom. The molecule has 0 spiro atoms. The van der Waals surface area contributed by atoms with E-state index in [9.17, 15) is 17.6 Å². The lowest BCUT2D eigenvalue weighted by atomic mass is 9.88. The van der Waals surface area contributed by atoms with Gasteiger partial charge in [-0.05, 0) is 31.0 Å². The predicted molar refractivity (Wildman–Crippen MR) is 105 cm³/mol. The standard InChI is InChI=1S/C19H25FN4O3S/c1-12(2)18-21-11-17(23-18)28(26,27)24-14-8-9-15(20)16(10-14)22-19(25)13-6-4-3-5-7-13/h8-13,24H,3-7H2,1-2H3,(H,21,23)(H,22,25). The zero-order valence-corrected chi connectivity index (χ0v) is 16.8. The SMILES string of the molecule is CC(C)c1ncc(S(=O)(=O)Nc2ccc(F)c(NC(=O)C3CCCCC3)c2)[nH]1. The van der Waals surface area contributed by atoms with E-state index in [1.807, 2.05) is 13.8 Å². The summed E-state index contributed by atoms with van der Waals surface area (Å²) in [6.07, 6.45) is 5.91. The molecule has 28 heavy (non-hydrogen) atoms. The second kappa shape index (κ2) is 8.30. The van der Waals surface area contributed by atoms with Gasteiger partial charge in [-0.3, -0.25) is 9.52 Å². The summed E-state index contributed by atoms with van der Waals surface area (Å²) in [5.74, 6) is -0.367. The second-order valence-corrected chi connectivity index (χ2v) is 9.06. The van der Waals surface area contributed by atoms with Gasteiger partial charge in [0.1, 0.15) is 11.6 Å². The van der Waals surface area contributed by atoms with Crippen molar-refractivity contribution in [3.05, 3.63) is 36.0 Å². The lowest BCUT2D eigenvalue weighted by molar-refractivity contribution is -0.120. The Kier molecular flexibility index (Phi) is 6.02. The summed E-state index contributed by atoms with van der Waals surface area (Å²) < 4.78 is 41.6. The Hall–Kier alpha value is -2.42. The fourth-order valence-corrected chi connectivity index (χ4v) is 4.22. The van der Waals surface area contributed by atoms with Crippen LogP contribution < -0.4 is 10.0 Å². The molecule has 0 aliphatic heterocycles. The van der Waals surface area contributed by atoms with Gasteiger partial charge in [0, 0.05) is 11.8 Å². The highest BCUT2D eigenvalue weighted by molar-refractivity contribution is 7.92. The van der Waals surface area contributed by atoms with Gasteiger partial charge in [0.2, 0.25) is 5.91 Å². The van der Waals surface area contributed by atoms with E-state index in [1.165, 1.54) is 18.3 Å². The number of sulfonamides is 1. The lowest BCUT2D eigenvalue weighted by Gasteiger charge is -2.21. The van der Waals surface area contributed by atoms with Crippen LogP contribution in [0.4, 0.5) is 15.8 Å². The van der Waals surface area contributed by atoms with E-state index in [-0.39, 0.29) is 34.1 Å². The predicted octanol–water partition coefficient (Wildman–Crippen LogP) is 3.99. The number of benzene rings is 1. The number of amides is 1.